The van der Waals surface area contributed by atoms with Gasteiger partial charge in [-0.25, -0.2) is 0 Å². The van der Waals surface area contributed by atoms with Gasteiger partial charge in [0.2, 0.25) is 5.91 Å². The first-order valence-corrected chi connectivity index (χ1v) is 10.7. The second-order valence-electron chi connectivity index (χ2n) is 6.83. The van der Waals surface area contributed by atoms with Crippen LogP contribution in [0.5, 0.6) is 0 Å². The second kappa shape index (κ2) is 9.41. The standard InChI is InChI=1S/C24H22N4OS/c1-2-6-24(29)26-18-8-5-9-19(15-18)30-20-11-12-21-22(27-28-23(21)16-20)13-10-17-7-3-4-14-25-17/h3-5,7-16H,2,6H2,1H3,(H,26,29)(H,27,28)/b13-10+. The fourth-order valence-corrected chi connectivity index (χ4v) is 3.99. The van der Waals surface area contributed by atoms with Crippen molar-refractivity contribution >= 4 is 46.4 Å². The van der Waals surface area contributed by atoms with Gasteiger partial charge >= 0.3 is 0 Å². The van der Waals surface area contributed by atoms with Crippen molar-refractivity contribution in [1.82, 2.24) is 15.2 Å². The van der Waals surface area contributed by atoms with Gasteiger partial charge in [0, 0.05) is 33.5 Å². The monoisotopic (exact) mass is 414 g/mol. The van der Waals surface area contributed by atoms with E-state index in [1.54, 1.807) is 18.0 Å². The van der Waals surface area contributed by atoms with Crippen molar-refractivity contribution < 1.29 is 4.79 Å². The van der Waals surface area contributed by atoms with Gasteiger partial charge in [-0.05, 0) is 67.1 Å². The fourth-order valence-electron chi connectivity index (χ4n) is 3.07. The molecule has 5 nitrogen and oxygen atoms in total. The van der Waals surface area contributed by atoms with Crippen LogP contribution in [0.25, 0.3) is 23.1 Å². The number of pyridine rings is 1. The number of carbonyl (C=O) groups is 1. The third kappa shape index (κ3) is 4.96. The second-order valence-corrected chi connectivity index (χ2v) is 7.98. The Bertz CT molecular complexity index is 1180. The third-order valence-electron chi connectivity index (χ3n) is 4.49. The maximum Gasteiger partial charge on any atom is 0.224 e. The predicted molar refractivity (Wildman–Crippen MR) is 123 cm³/mol. The van der Waals surface area contributed by atoms with Crippen molar-refractivity contribution in [2.24, 2.45) is 0 Å². The number of H-pyrrole nitrogens is 1. The molecule has 0 aliphatic carbocycles. The average molecular weight is 415 g/mol. The van der Waals surface area contributed by atoms with Gasteiger partial charge in [-0.3, -0.25) is 14.9 Å². The number of nitrogens with one attached hydrogen (secondary N) is 2. The first-order valence-electron chi connectivity index (χ1n) is 9.86. The number of hydrogen-bond acceptors (Lipinski definition) is 4. The van der Waals surface area contributed by atoms with Crippen LogP contribution in [0.4, 0.5) is 5.69 Å². The summed E-state index contributed by atoms with van der Waals surface area (Å²) in [6.07, 6.45) is 7.07. The molecule has 0 radical (unpaired) electrons. The topological polar surface area (TPSA) is 70.7 Å². The minimum atomic E-state index is 0.0461. The zero-order valence-electron chi connectivity index (χ0n) is 16.6. The molecule has 30 heavy (non-hydrogen) atoms. The number of anilines is 1. The summed E-state index contributed by atoms with van der Waals surface area (Å²) in [6, 6.07) is 20.0. The van der Waals surface area contributed by atoms with Gasteiger partial charge in [-0.1, -0.05) is 30.8 Å². The van der Waals surface area contributed by atoms with E-state index in [0.29, 0.717) is 6.42 Å². The highest BCUT2D eigenvalue weighted by atomic mass is 32.2. The maximum absolute atomic E-state index is 11.8. The molecule has 2 N–H and O–H groups in total. The van der Waals surface area contributed by atoms with E-state index in [4.69, 9.17) is 0 Å². The lowest BCUT2D eigenvalue weighted by molar-refractivity contribution is -0.116. The van der Waals surface area contributed by atoms with E-state index in [2.05, 4.69) is 38.7 Å². The van der Waals surface area contributed by atoms with E-state index < -0.39 is 0 Å². The van der Waals surface area contributed by atoms with Crippen LogP contribution in [0.3, 0.4) is 0 Å². The summed E-state index contributed by atoms with van der Waals surface area (Å²) in [5.41, 5.74) is 3.58. The van der Waals surface area contributed by atoms with Crippen molar-refractivity contribution in [2.45, 2.75) is 29.6 Å². The molecule has 0 aliphatic heterocycles. The lowest BCUT2D eigenvalue weighted by Crippen LogP contribution is -2.10. The van der Waals surface area contributed by atoms with Gasteiger partial charge in [0.25, 0.3) is 0 Å². The molecular weight excluding hydrogens is 392 g/mol. The highest BCUT2D eigenvalue weighted by molar-refractivity contribution is 7.99. The summed E-state index contributed by atoms with van der Waals surface area (Å²) in [5, 5.41) is 11.5. The molecule has 0 spiro atoms. The summed E-state index contributed by atoms with van der Waals surface area (Å²) in [5.74, 6) is 0.0461. The van der Waals surface area contributed by atoms with Crippen LogP contribution in [0.2, 0.25) is 0 Å². The average Bonchev–Trinajstić information content (AvgIpc) is 3.15. The number of aromatic nitrogens is 3. The highest BCUT2D eigenvalue weighted by Crippen LogP contribution is 2.32. The van der Waals surface area contributed by atoms with Gasteiger partial charge in [-0.15, -0.1) is 0 Å². The van der Waals surface area contributed by atoms with E-state index >= 15 is 0 Å². The largest absolute Gasteiger partial charge is 0.326 e. The summed E-state index contributed by atoms with van der Waals surface area (Å²) in [7, 11) is 0. The van der Waals surface area contributed by atoms with Crippen LogP contribution < -0.4 is 5.32 Å². The Morgan fingerprint density at radius 2 is 1.97 bits per heavy atom. The van der Waals surface area contributed by atoms with Gasteiger partial charge in [-0.2, -0.15) is 5.10 Å². The molecule has 0 saturated heterocycles. The SMILES string of the molecule is CCCC(=O)Nc1cccc(Sc2ccc3c(/C=C/c4ccccn4)n[nH]c3c2)c1. The molecule has 1 amide bonds. The maximum atomic E-state index is 11.8. The normalized spacial score (nSPS) is 11.2. The summed E-state index contributed by atoms with van der Waals surface area (Å²) < 4.78 is 0. The fraction of sp³-hybridized carbons (Fsp3) is 0.125. The number of carbonyl (C=O) groups excluding carboxylic acids is 1. The van der Waals surface area contributed by atoms with E-state index in [1.807, 2.05) is 61.5 Å². The molecule has 0 atom stereocenters. The zero-order valence-corrected chi connectivity index (χ0v) is 17.4. The summed E-state index contributed by atoms with van der Waals surface area (Å²) in [6.45, 7) is 2.00. The van der Waals surface area contributed by atoms with Crippen LogP contribution in [-0.4, -0.2) is 21.1 Å². The Balaban J connectivity index is 1.50. The van der Waals surface area contributed by atoms with Crippen molar-refractivity contribution in [1.29, 1.82) is 0 Å². The highest BCUT2D eigenvalue weighted by Gasteiger charge is 2.07. The zero-order chi connectivity index (χ0) is 20.8. The van der Waals surface area contributed by atoms with Crippen LogP contribution in [0, 0.1) is 0 Å². The number of rotatable bonds is 7. The van der Waals surface area contributed by atoms with Crippen molar-refractivity contribution in [3.63, 3.8) is 0 Å². The number of aromatic amines is 1. The smallest absolute Gasteiger partial charge is 0.224 e. The molecule has 0 aliphatic rings. The molecule has 2 aromatic carbocycles. The van der Waals surface area contributed by atoms with Crippen LogP contribution in [0.1, 0.15) is 31.2 Å². The van der Waals surface area contributed by atoms with E-state index in [-0.39, 0.29) is 5.91 Å². The third-order valence-corrected chi connectivity index (χ3v) is 5.47. The Morgan fingerprint density at radius 3 is 2.80 bits per heavy atom. The Labute approximate surface area is 179 Å². The van der Waals surface area contributed by atoms with Crippen molar-refractivity contribution in [3.8, 4) is 0 Å². The van der Waals surface area contributed by atoms with Gasteiger partial charge in [0.15, 0.2) is 0 Å². The molecule has 4 aromatic rings. The Kier molecular flexibility index (Phi) is 6.25. The number of fused-ring (bicyclic) bond motifs is 1. The van der Waals surface area contributed by atoms with Gasteiger partial charge < -0.3 is 5.32 Å². The van der Waals surface area contributed by atoms with Gasteiger partial charge in [0.1, 0.15) is 0 Å². The summed E-state index contributed by atoms with van der Waals surface area (Å²) >= 11 is 1.65. The molecule has 6 heteroatoms. The molecule has 4 rings (SSSR count). The minimum Gasteiger partial charge on any atom is -0.326 e. The molecule has 0 fully saturated rings. The first-order chi connectivity index (χ1) is 14.7. The van der Waals surface area contributed by atoms with Crippen molar-refractivity contribution in [2.75, 3.05) is 5.32 Å². The predicted octanol–water partition coefficient (Wildman–Crippen LogP) is 6.02. The lowest BCUT2D eigenvalue weighted by atomic mass is 10.2. The van der Waals surface area contributed by atoms with Crippen LogP contribution >= 0.6 is 11.8 Å². The lowest BCUT2D eigenvalue weighted by Gasteiger charge is -2.07. The van der Waals surface area contributed by atoms with Gasteiger partial charge in [0.05, 0.1) is 16.9 Å². The quantitative estimate of drug-likeness (QED) is 0.388. The minimum absolute atomic E-state index is 0.0461. The van der Waals surface area contributed by atoms with E-state index in [9.17, 15) is 4.79 Å². The molecule has 0 saturated carbocycles. The molecule has 0 bridgehead atoms. The summed E-state index contributed by atoms with van der Waals surface area (Å²) in [4.78, 5) is 18.3. The van der Waals surface area contributed by atoms with Crippen LogP contribution in [0.15, 0.2) is 76.7 Å². The molecule has 150 valence electrons. The molecule has 2 heterocycles. The number of benzene rings is 2. The van der Waals surface area contributed by atoms with E-state index in [0.717, 1.165) is 44.2 Å². The number of amides is 1. The molecule has 0 unspecified atom stereocenters. The Morgan fingerprint density at radius 1 is 1.07 bits per heavy atom. The molecular formula is C24H22N4OS. The Hall–Kier alpha value is -3.38. The van der Waals surface area contributed by atoms with Crippen molar-refractivity contribution in [3.05, 3.63) is 78.2 Å². The molecule has 2 aromatic heterocycles. The van der Waals surface area contributed by atoms with Crippen LogP contribution in [-0.2, 0) is 4.79 Å². The van der Waals surface area contributed by atoms with E-state index in [1.165, 1.54) is 0 Å². The number of nitrogens with zero attached hydrogens (tertiary/aromatic N) is 2. The first kappa shape index (κ1) is 19.9. The number of hydrogen-bond donors (Lipinski definition) is 2.